The van der Waals surface area contributed by atoms with E-state index >= 15 is 0 Å². The Hall–Kier alpha value is -0.390. The zero-order chi connectivity index (χ0) is 13.4. The fourth-order valence-corrected chi connectivity index (χ4v) is 0.922. The number of hydrogen-bond donors (Lipinski definition) is 1. The molecule has 0 saturated carbocycles. The molecule has 0 heterocycles. The van der Waals surface area contributed by atoms with Crippen molar-refractivity contribution in [1.82, 2.24) is 4.90 Å². The molecule has 0 fully saturated rings. The Morgan fingerprint density at radius 1 is 1.31 bits per heavy atom. The lowest BCUT2D eigenvalue weighted by Gasteiger charge is -2.16. The Bertz CT molecular complexity index is 144. The molecular formula is C9H22NO5P. The fraction of sp³-hybridized carbons (Fsp3) is 0.889. The molecule has 0 aliphatic carbocycles. The van der Waals surface area contributed by atoms with E-state index in [1.807, 2.05) is 6.79 Å². The second kappa shape index (κ2) is 20.1. The summed E-state index contributed by atoms with van der Waals surface area (Å²) in [6, 6.07) is 0. The lowest BCUT2D eigenvalue weighted by molar-refractivity contribution is -0.244. The predicted octanol–water partition coefficient (Wildman–Crippen LogP) is 1.44. The Morgan fingerprint density at radius 3 is 1.88 bits per heavy atom. The van der Waals surface area contributed by atoms with Gasteiger partial charge in [0, 0.05) is 4.67 Å². The lowest BCUT2D eigenvalue weighted by Crippen LogP contribution is -2.23. The van der Waals surface area contributed by atoms with Crippen LogP contribution in [0.25, 0.3) is 0 Å². The first kappa shape index (κ1) is 21.0. The molecule has 98 valence electrons. The van der Waals surface area contributed by atoms with E-state index in [1.165, 1.54) is 32.5 Å². The molecule has 1 N–H and O–H groups in total. The highest BCUT2D eigenvalue weighted by Crippen LogP contribution is 2.02. The van der Waals surface area contributed by atoms with Crippen molar-refractivity contribution in [3.05, 3.63) is 0 Å². The third kappa shape index (κ3) is 23.4. The molecule has 0 bridgehead atoms. The van der Waals surface area contributed by atoms with Gasteiger partial charge >= 0.3 is 8.25 Å². The molecule has 7 heteroatoms. The van der Waals surface area contributed by atoms with Crippen LogP contribution < -0.4 is 4.89 Å². The number of carbonyl (C=O) groups excluding carboxylic acids is 1. The highest BCUT2D eigenvalue weighted by Gasteiger charge is 1.94. The smallest absolute Gasteiger partial charge is 0.521 e. The van der Waals surface area contributed by atoms with Gasteiger partial charge in [0.2, 0.25) is 0 Å². The molecule has 6 nitrogen and oxygen atoms in total. The van der Waals surface area contributed by atoms with Crippen LogP contribution in [0.2, 0.25) is 0 Å². The van der Waals surface area contributed by atoms with Gasteiger partial charge in [-0.3, -0.25) is 0 Å². The van der Waals surface area contributed by atoms with E-state index in [2.05, 4.69) is 30.3 Å². The summed E-state index contributed by atoms with van der Waals surface area (Å²) in [6.45, 7) is 12.4. The summed E-state index contributed by atoms with van der Waals surface area (Å²) in [7, 11) is -3.04. The Morgan fingerprint density at radius 2 is 1.69 bits per heavy atom. The van der Waals surface area contributed by atoms with Crippen LogP contribution in [0.3, 0.4) is 0 Å². The van der Waals surface area contributed by atoms with Crippen LogP contribution in [0.4, 0.5) is 0 Å². The van der Waals surface area contributed by atoms with Gasteiger partial charge < -0.3 is 14.6 Å². The van der Waals surface area contributed by atoms with Crippen molar-refractivity contribution >= 4 is 15.0 Å². The minimum absolute atomic E-state index is 1.20. The molecule has 0 rings (SSSR count). The highest BCUT2D eigenvalue weighted by molar-refractivity contribution is 7.30. The molecule has 0 aliphatic rings. The topological polar surface area (TPSA) is 89.9 Å². The van der Waals surface area contributed by atoms with Crippen LogP contribution in [0.1, 0.15) is 33.6 Å². The first-order chi connectivity index (χ1) is 7.62. The number of unbranched alkanes of at least 4 members (excludes halogenated alkanes) is 1. The average molecular weight is 255 g/mol. The van der Waals surface area contributed by atoms with Crippen molar-refractivity contribution in [2.75, 3.05) is 19.6 Å². The van der Waals surface area contributed by atoms with Crippen molar-refractivity contribution < 1.29 is 24.2 Å². The van der Waals surface area contributed by atoms with E-state index in [9.17, 15) is 0 Å². The van der Waals surface area contributed by atoms with Crippen molar-refractivity contribution in [1.29, 1.82) is 0 Å². The second-order valence-corrected chi connectivity index (χ2v) is 3.30. The zero-order valence-electron chi connectivity index (χ0n) is 10.2. The fourth-order valence-electron chi connectivity index (χ4n) is 0.922. The predicted molar refractivity (Wildman–Crippen MR) is 61.1 cm³/mol. The van der Waals surface area contributed by atoms with Gasteiger partial charge in [0.05, 0.1) is 0 Å². The van der Waals surface area contributed by atoms with Crippen molar-refractivity contribution in [3.63, 3.8) is 0 Å². The molecule has 0 saturated heterocycles. The SMILES string of the molecule is C=O.CCCCN(CC)CC.O=[P+]([O-])OO. The summed E-state index contributed by atoms with van der Waals surface area (Å²) in [4.78, 5) is 19.4. The molecular weight excluding hydrogens is 233 g/mol. The first-order valence-corrected chi connectivity index (χ1v) is 6.18. The molecule has 0 aliphatic heterocycles. The van der Waals surface area contributed by atoms with Gasteiger partial charge in [0.1, 0.15) is 6.79 Å². The van der Waals surface area contributed by atoms with E-state index in [4.69, 9.17) is 19.5 Å². The summed E-state index contributed by atoms with van der Waals surface area (Å²) in [6.07, 6.45) is 2.66. The van der Waals surface area contributed by atoms with Crippen LogP contribution >= 0.6 is 8.25 Å². The maximum absolute atomic E-state index is 8.93. The van der Waals surface area contributed by atoms with Crippen LogP contribution in [-0.4, -0.2) is 36.6 Å². The summed E-state index contributed by atoms with van der Waals surface area (Å²) >= 11 is 0. The van der Waals surface area contributed by atoms with Crippen molar-refractivity contribution in [2.24, 2.45) is 0 Å². The first-order valence-electron chi connectivity index (χ1n) is 5.09. The van der Waals surface area contributed by atoms with Gasteiger partial charge in [-0.05, 0) is 30.6 Å². The summed E-state index contributed by atoms with van der Waals surface area (Å²) in [5.41, 5.74) is 0. The van der Waals surface area contributed by atoms with Gasteiger partial charge in [-0.25, -0.2) is 5.26 Å². The van der Waals surface area contributed by atoms with E-state index < -0.39 is 8.25 Å². The second-order valence-electron chi connectivity index (χ2n) is 2.69. The molecule has 1 atom stereocenters. The number of hydrogen-bond acceptors (Lipinski definition) is 6. The summed E-state index contributed by atoms with van der Waals surface area (Å²) < 4.78 is 11.6. The molecule has 0 aromatic heterocycles. The van der Waals surface area contributed by atoms with E-state index in [0.717, 1.165) is 0 Å². The quantitative estimate of drug-likeness (QED) is 0.438. The van der Waals surface area contributed by atoms with Gasteiger partial charge in [0.15, 0.2) is 0 Å². The molecule has 0 aromatic rings. The van der Waals surface area contributed by atoms with Gasteiger partial charge in [-0.2, -0.15) is 0 Å². The van der Waals surface area contributed by atoms with Gasteiger partial charge in [0.25, 0.3) is 0 Å². The molecule has 0 amide bonds. The maximum Gasteiger partial charge on any atom is 0.521 e. The Labute approximate surface area is 98.1 Å². The zero-order valence-corrected chi connectivity index (χ0v) is 11.1. The van der Waals surface area contributed by atoms with Crippen LogP contribution in [-0.2, 0) is 14.0 Å². The molecule has 1 unspecified atom stereocenters. The third-order valence-corrected chi connectivity index (χ3v) is 1.92. The summed E-state index contributed by atoms with van der Waals surface area (Å²) in [5.74, 6) is 0. The largest absolute Gasteiger partial charge is 0.565 e. The van der Waals surface area contributed by atoms with E-state index in [-0.39, 0.29) is 0 Å². The molecule has 16 heavy (non-hydrogen) atoms. The van der Waals surface area contributed by atoms with E-state index in [1.54, 1.807) is 0 Å². The van der Waals surface area contributed by atoms with Crippen molar-refractivity contribution in [2.45, 2.75) is 33.6 Å². The minimum Gasteiger partial charge on any atom is -0.565 e. The van der Waals surface area contributed by atoms with Crippen LogP contribution in [0, 0.1) is 0 Å². The van der Waals surface area contributed by atoms with Gasteiger partial charge in [-0.15, -0.1) is 0 Å². The number of rotatable bonds is 6. The van der Waals surface area contributed by atoms with Crippen molar-refractivity contribution in [3.8, 4) is 0 Å². The average Bonchev–Trinajstić information content (AvgIpc) is 2.34. The number of carbonyl (C=O) groups is 1. The standard InChI is InChI=1S/C8H19N.CH2O.HO4P/c1-4-7-8-9(5-2)6-3;1-2;1-4-5(2)3/h4-8H2,1-3H3;1H2;1H. The maximum atomic E-state index is 8.93. The molecule has 0 aromatic carbocycles. The monoisotopic (exact) mass is 255 g/mol. The Kier molecular flexibility index (Phi) is 26.3. The Balaban J connectivity index is -0.000000205. The highest BCUT2D eigenvalue weighted by atomic mass is 31.1. The van der Waals surface area contributed by atoms with Crippen LogP contribution in [0.15, 0.2) is 0 Å². The third-order valence-electron chi connectivity index (χ3n) is 1.79. The molecule has 0 radical (unpaired) electrons. The minimum atomic E-state index is -3.04. The summed E-state index contributed by atoms with van der Waals surface area (Å²) in [5, 5.41) is 7.05. The number of nitrogens with zero attached hydrogens (tertiary/aromatic N) is 1. The van der Waals surface area contributed by atoms with Gasteiger partial charge in [-0.1, -0.05) is 27.2 Å². The van der Waals surface area contributed by atoms with E-state index in [0.29, 0.717) is 0 Å². The normalized spacial score (nSPS) is 9.75. The van der Waals surface area contributed by atoms with Crippen LogP contribution in [0.5, 0.6) is 0 Å². The lowest BCUT2D eigenvalue weighted by atomic mass is 10.3. The molecule has 0 spiro atoms.